The molecule has 0 radical (unpaired) electrons. The van der Waals surface area contributed by atoms with E-state index in [-0.39, 0.29) is 0 Å². The molecule has 2 rings (SSSR count). The summed E-state index contributed by atoms with van der Waals surface area (Å²) in [5, 5.41) is 0. The maximum atomic E-state index is 6.06. The third-order valence-corrected chi connectivity index (χ3v) is 3.49. The van der Waals surface area contributed by atoms with Crippen molar-refractivity contribution >= 4 is 5.84 Å². The molecule has 0 spiro atoms. The van der Waals surface area contributed by atoms with Crippen LogP contribution >= 0.6 is 0 Å². The van der Waals surface area contributed by atoms with Crippen LogP contribution in [-0.2, 0) is 0 Å². The Morgan fingerprint density at radius 1 is 1.28 bits per heavy atom. The van der Waals surface area contributed by atoms with Crippen molar-refractivity contribution in [2.75, 3.05) is 19.6 Å². The smallest absolute Gasteiger partial charge is 0.125 e. The molecule has 18 heavy (non-hydrogen) atoms. The van der Waals surface area contributed by atoms with E-state index in [0.717, 1.165) is 31.5 Å². The van der Waals surface area contributed by atoms with Gasteiger partial charge in [0.1, 0.15) is 5.84 Å². The molecule has 1 aliphatic heterocycles. The summed E-state index contributed by atoms with van der Waals surface area (Å²) >= 11 is 0. The number of benzene rings is 1. The average Bonchev–Trinajstić information content (AvgIpc) is 2.42. The SMILES string of the molecule is CCCN1CCC(N=C(N)c2ccccc2)CC1. The maximum Gasteiger partial charge on any atom is 0.125 e. The number of rotatable bonds is 4. The van der Waals surface area contributed by atoms with Gasteiger partial charge in [-0.15, -0.1) is 0 Å². The highest BCUT2D eigenvalue weighted by molar-refractivity contribution is 5.97. The van der Waals surface area contributed by atoms with Gasteiger partial charge in [0.15, 0.2) is 0 Å². The Labute approximate surface area is 110 Å². The summed E-state index contributed by atoms with van der Waals surface area (Å²) in [5.41, 5.74) is 7.09. The molecule has 0 bridgehead atoms. The van der Waals surface area contributed by atoms with Crippen molar-refractivity contribution in [2.45, 2.75) is 32.2 Å². The van der Waals surface area contributed by atoms with Crippen molar-refractivity contribution in [3.63, 3.8) is 0 Å². The van der Waals surface area contributed by atoms with Crippen LogP contribution in [0.2, 0.25) is 0 Å². The normalized spacial score (nSPS) is 19.1. The van der Waals surface area contributed by atoms with Crippen molar-refractivity contribution in [3.8, 4) is 0 Å². The lowest BCUT2D eigenvalue weighted by Crippen LogP contribution is -2.36. The summed E-state index contributed by atoms with van der Waals surface area (Å²) in [5.74, 6) is 0.685. The second kappa shape index (κ2) is 6.55. The van der Waals surface area contributed by atoms with Gasteiger partial charge in [-0.3, -0.25) is 4.99 Å². The molecule has 1 aromatic rings. The van der Waals surface area contributed by atoms with Gasteiger partial charge in [0, 0.05) is 18.7 Å². The number of hydrogen-bond acceptors (Lipinski definition) is 2. The van der Waals surface area contributed by atoms with Crippen LogP contribution in [-0.4, -0.2) is 36.4 Å². The van der Waals surface area contributed by atoms with E-state index >= 15 is 0 Å². The van der Waals surface area contributed by atoms with Gasteiger partial charge in [0.2, 0.25) is 0 Å². The Hall–Kier alpha value is -1.35. The molecule has 98 valence electrons. The molecule has 3 nitrogen and oxygen atoms in total. The number of hydrogen-bond donors (Lipinski definition) is 1. The Morgan fingerprint density at radius 2 is 1.94 bits per heavy atom. The molecule has 0 unspecified atom stereocenters. The van der Waals surface area contributed by atoms with Gasteiger partial charge >= 0.3 is 0 Å². The Bertz CT molecular complexity index is 378. The summed E-state index contributed by atoms with van der Waals surface area (Å²) in [6, 6.07) is 10.4. The number of likely N-dealkylation sites (tertiary alicyclic amines) is 1. The van der Waals surface area contributed by atoms with Crippen LogP contribution in [0, 0.1) is 0 Å². The lowest BCUT2D eigenvalue weighted by atomic mass is 10.1. The van der Waals surface area contributed by atoms with Gasteiger partial charge in [-0.25, -0.2) is 0 Å². The molecule has 1 aliphatic rings. The van der Waals surface area contributed by atoms with E-state index in [4.69, 9.17) is 5.73 Å². The number of amidine groups is 1. The highest BCUT2D eigenvalue weighted by Gasteiger charge is 2.18. The fourth-order valence-electron chi connectivity index (χ4n) is 2.47. The van der Waals surface area contributed by atoms with Crippen molar-refractivity contribution < 1.29 is 0 Å². The van der Waals surface area contributed by atoms with Crippen LogP contribution in [0.5, 0.6) is 0 Å². The van der Waals surface area contributed by atoms with Crippen LogP contribution in [0.15, 0.2) is 35.3 Å². The first-order valence-electron chi connectivity index (χ1n) is 6.90. The quantitative estimate of drug-likeness (QED) is 0.653. The summed E-state index contributed by atoms with van der Waals surface area (Å²) in [7, 11) is 0. The van der Waals surface area contributed by atoms with Gasteiger partial charge in [0.25, 0.3) is 0 Å². The minimum absolute atomic E-state index is 0.401. The molecule has 2 N–H and O–H groups in total. The Balaban J connectivity index is 1.91. The lowest BCUT2D eigenvalue weighted by molar-refractivity contribution is 0.214. The average molecular weight is 245 g/mol. The summed E-state index contributed by atoms with van der Waals surface area (Å²) in [6.45, 7) is 5.76. The zero-order valence-electron chi connectivity index (χ0n) is 11.2. The van der Waals surface area contributed by atoms with Gasteiger partial charge in [-0.2, -0.15) is 0 Å². The molecule has 0 aromatic heterocycles. The molecule has 0 amide bonds. The van der Waals surface area contributed by atoms with Crippen molar-refractivity contribution in [3.05, 3.63) is 35.9 Å². The predicted octanol–water partition coefficient (Wildman–Crippen LogP) is 2.27. The summed E-state index contributed by atoms with van der Waals surface area (Å²) < 4.78 is 0. The second-order valence-electron chi connectivity index (χ2n) is 4.95. The lowest BCUT2D eigenvalue weighted by Gasteiger charge is -2.29. The zero-order chi connectivity index (χ0) is 12.8. The molecule has 0 saturated carbocycles. The molecule has 3 heteroatoms. The standard InChI is InChI=1S/C15H23N3/c1-2-10-18-11-8-14(9-12-18)17-15(16)13-6-4-3-5-7-13/h3-7,14H,2,8-12H2,1H3,(H2,16,17). The topological polar surface area (TPSA) is 41.6 Å². The van der Waals surface area contributed by atoms with E-state index in [2.05, 4.69) is 16.8 Å². The van der Waals surface area contributed by atoms with Crippen LogP contribution in [0.4, 0.5) is 0 Å². The molecular weight excluding hydrogens is 222 g/mol. The Morgan fingerprint density at radius 3 is 2.56 bits per heavy atom. The fraction of sp³-hybridized carbons (Fsp3) is 0.533. The maximum absolute atomic E-state index is 6.06. The van der Waals surface area contributed by atoms with Gasteiger partial charge < -0.3 is 10.6 Å². The summed E-state index contributed by atoms with van der Waals surface area (Å²) in [4.78, 5) is 7.19. The third kappa shape index (κ3) is 3.57. The molecule has 1 heterocycles. The number of nitrogens with two attached hydrogens (primary N) is 1. The van der Waals surface area contributed by atoms with E-state index in [1.54, 1.807) is 0 Å². The summed E-state index contributed by atoms with van der Waals surface area (Å²) in [6.07, 6.45) is 3.50. The molecule has 0 aliphatic carbocycles. The van der Waals surface area contributed by atoms with Crippen LogP contribution < -0.4 is 5.73 Å². The molecule has 1 fully saturated rings. The first-order valence-corrected chi connectivity index (χ1v) is 6.90. The van der Waals surface area contributed by atoms with E-state index in [1.165, 1.54) is 13.0 Å². The van der Waals surface area contributed by atoms with Crippen molar-refractivity contribution in [1.29, 1.82) is 0 Å². The number of aliphatic imine (C=N–C) groups is 1. The third-order valence-electron chi connectivity index (χ3n) is 3.49. The molecule has 0 atom stereocenters. The van der Waals surface area contributed by atoms with Crippen LogP contribution in [0.3, 0.4) is 0 Å². The van der Waals surface area contributed by atoms with Crippen molar-refractivity contribution in [1.82, 2.24) is 4.90 Å². The minimum atomic E-state index is 0.401. The van der Waals surface area contributed by atoms with Crippen molar-refractivity contribution in [2.24, 2.45) is 10.7 Å². The number of piperidine rings is 1. The van der Waals surface area contributed by atoms with E-state index < -0.39 is 0 Å². The minimum Gasteiger partial charge on any atom is -0.383 e. The van der Waals surface area contributed by atoms with Gasteiger partial charge in [-0.05, 0) is 25.8 Å². The van der Waals surface area contributed by atoms with E-state index in [1.807, 2.05) is 30.3 Å². The zero-order valence-corrected chi connectivity index (χ0v) is 11.2. The first-order chi connectivity index (χ1) is 8.79. The van der Waals surface area contributed by atoms with Gasteiger partial charge in [0.05, 0.1) is 6.04 Å². The number of nitrogens with zero attached hydrogens (tertiary/aromatic N) is 2. The fourth-order valence-corrected chi connectivity index (χ4v) is 2.47. The van der Waals surface area contributed by atoms with Gasteiger partial charge in [-0.1, -0.05) is 37.3 Å². The van der Waals surface area contributed by atoms with Crippen LogP contribution in [0.25, 0.3) is 0 Å². The predicted molar refractivity (Wildman–Crippen MR) is 76.9 cm³/mol. The Kier molecular flexibility index (Phi) is 4.76. The van der Waals surface area contributed by atoms with Crippen LogP contribution in [0.1, 0.15) is 31.7 Å². The largest absolute Gasteiger partial charge is 0.383 e. The molecular formula is C15H23N3. The van der Waals surface area contributed by atoms with E-state index in [9.17, 15) is 0 Å². The molecule has 1 saturated heterocycles. The monoisotopic (exact) mass is 245 g/mol. The second-order valence-corrected chi connectivity index (χ2v) is 4.95. The highest BCUT2D eigenvalue weighted by Crippen LogP contribution is 2.14. The molecule has 1 aromatic carbocycles. The highest BCUT2D eigenvalue weighted by atomic mass is 15.1. The van der Waals surface area contributed by atoms with E-state index in [0.29, 0.717) is 11.9 Å². The first kappa shape index (κ1) is 13.1.